The molecular formula is C21H19NO4. The Bertz CT molecular complexity index is 844. The van der Waals surface area contributed by atoms with Gasteiger partial charge in [-0.25, -0.2) is 0 Å². The standard InChI is InChI=1S/C21H19NO4/c23-20(18-13-6-7-14(12-13)19(18)21(24)25)22-15-8-10-17(11-9-15)26-16-4-2-1-3-5-16/h1-11,13-14,18-19H,12H2,(H,22,23)(H,24,25)/t13-,14+,18-,19+/m1/s1. The highest BCUT2D eigenvalue weighted by atomic mass is 16.5. The first kappa shape index (κ1) is 16.4. The number of amides is 1. The maximum atomic E-state index is 12.7. The van der Waals surface area contributed by atoms with Crippen molar-refractivity contribution < 1.29 is 19.4 Å². The predicted octanol–water partition coefficient (Wildman–Crippen LogP) is 3.94. The van der Waals surface area contributed by atoms with E-state index in [1.165, 1.54) is 0 Å². The van der Waals surface area contributed by atoms with Gasteiger partial charge in [-0.15, -0.1) is 0 Å². The molecule has 1 fully saturated rings. The first-order chi connectivity index (χ1) is 12.6. The number of carbonyl (C=O) groups is 2. The van der Waals surface area contributed by atoms with Crippen molar-refractivity contribution in [1.82, 2.24) is 0 Å². The molecule has 2 aromatic rings. The third-order valence-electron chi connectivity index (χ3n) is 5.15. The Kier molecular flexibility index (Phi) is 4.21. The highest BCUT2D eigenvalue weighted by Crippen LogP contribution is 2.48. The average Bonchev–Trinajstić information content (AvgIpc) is 3.25. The van der Waals surface area contributed by atoms with Gasteiger partial charge in [-0.05, 0) is 54.7 Å². The van der Waals surface area contributed by atoms with Gasteiger partial charge in [-0.1, -0.05) is 30.4 Å². The Morgan fingerprint density at radius 3 is 2.15 bits per heavy atom. The lowest BCUT2D eigenvalue weighted by Gasteiger charge is -2.23. The van der Waals surface area contributed by atoms with Crippen molar-refractivity contribution in [3.63, 3.8) is 0 Å². The van der Waals surface area contributed by atoms with Crippen LogP contribution in [0, 0.1) is 23.7 Å². The van der Waals surface area contributed by atoms with Crippen LogP contribution in [0.5, 0.6) is 11.5 Å². The van der Waals surface area contributed by atoms with Gasteiger partial charge in [0.15, 0.2) is 0 Å². The van der Waals surface area contributed by atoms with E-state index >= 15 is 0 Å². The van der Waals surface area contributed by atoms with Crippen LogP contribution >= 0.6 is 0 Å². The van der Waals surface area contributed by atoms with E-state index in [-0.39, 0.29) is 17.7 Å². The number of hydrogen-bond acceptors (Lipinski definition) is 3. The Hall–Kier alpha value is -3.08. The third kappa shape index (κ3) is 3.08. The third-order valence-corrected chi connectivity index (χ3v) is 5.15. The fourth-order valence-electron chi connectivity index (χ4n) is 3.97. The Balaban J connectivity index is 1.43. The summed E-state index contributed by atoms with van der Waals surface area (Å²) in [6.45, 7) is 0. The van der Waals surface area contributed by atoms with Gasteiger partial charge in [0.2, 0.25) is 5.91 Å². The quantitative estimate of drug-likeness (QED) is 0.802. The fraction of sp³-hybridized carbons (Fsp3) is 0.238. The molecule has 0 aromatic heterocycles. The highest BCUT2D eigenvalue weighted by molar-refractivity contribution is 5.96. The van der Waals surface area contributed by atoms with Crippen molar-refractivity contribution in [2.45, 2.75) is 6.42 Å². The molecule has 4 rings (SSSR count). The molecule has 2 aliphatic rings. The maximum absolute atomic E-state index is 12.7. The molecule has 1 amide bonds. The number of hydrogen-bond donors (Lipinski definition) is 2. The zero-order chi connectivity index (χ0) is 18.1. The monoisotopic (exact) mass is 349 g/mol. The largest absolute Gasteiger partial charge is 0.481 e. The van der Waals surface area contributed by atoms with Gasteiger partial charge in [0.25, 0.3) is 0 Å². The van der Waals surface area contributed by atoms with Crippen molar-refractivity contribution in [2.24, 2.45) is 23.7 Å². The number of aliphatic carboxylic acids is 1. The van der Waals surface area contributed by atoms with E-state index in [4.69, 9.17) is 4.74 Å². The molecule has 5 heteroatoms. The van der Waals surface area contributed by atoms with Gasteiger partial charge < -0.3 is 15.2 Å². The lowest BCUT2D eigenvalue weighted by molar-refractivity contribution is -0.146. The molecule has 0 saturated heterocycles. The van der Waals surface area contributed by atoms with Crippen LogP contribution < -0.4 is 10.1 Å². The van der Waals surface area contributed by atoms with Gasteiger partial charge in [0.1, 0.15) is 11.5 Å². The second-order valence-corrected chi connectivity index (χ2v) is 6.77. The molecule has 2 aliphatic carbocycles. The van der Waals surface area contributed by atoms with E-state index in [2.05, 4.69) is 5.32 Å². The van der Waals surface area contributed by atoms with Gasteiger partial charge in [0.05, 0.1) is 11.8 Å². The summed E-state index contributed by atoms with van der Waals surface area (Å²) < 4.78 is 5.73. The topological polar surface area (TPSA) is 75.6 Å². The second-order valence-electron chi connectivity index (χ2n) is 6.77. The number of nitrogens with one attached hydrogen (secondary N) is 1. The molecule has 26 heavy (non-hydrogen) atoms. The summed E-state index contributed by atoms with van der Waals surface area (Å²) in [5, 5.41) is 12.3. The lowest BCUT2D eigenvalue weighted by Crippen LogP contribution is -2.36. The lowest BCUT2D eigenvalue weighted by atomic mass is 9.82. The molecule has 2 aromatic carbocycles. The number of carboxylic acids is 1. The van der Waals surface area contributed by atoms with Crippen molar-refractivity contribution >= 4 is 17.6 Å². The average molecular weight is 349 g/mol. The smallest absolute Gasteiger partial charge is 0.307 e. The highest BCUT2D eigenvalue weighted by Gasteiger charge is 2.51. The first-order valence-electron chi connectivity index (χ1n) is 8.67. The van der Waals surface area contributed by atoms with Crippen LogP contribution in [-0.4, -0.2) is 17.0 Å². The van der Waals surface area contributed by atoms with E-state index in [0.717, 1.165) is 12.2 Å². The number of carbonyl (C=O) groups excluding carboxylic acids is 1. The van der Waals surface area contributed by atoms with Gasteiger partial charge in [-0.2, -0.15) is 0 Å². The van der Waals surface area contributed by atoms with Crippen molar-refractivity contribution in [3.05, 3.63) is 66.7 Å². The number of benzene rings is 2. The number of para-hydroxylation sites is 1. The molecule has 2 bridgehead atoms. The molecule has 2 N–H and O–H groups in total. The summed E-state index contributed by atoms with van der Waals surface area (Å²) >= 11 is 0. The minimum absolute atomic E-state index is 0.0155. The molecule has 132 valence electrons. The van der Waals surface area contributed by atoms with E-state index in [1.54, 1.807) is 24.3 Å². The first-order valence-corrected chi connectivity index (χ1v) is 8.67. The summed E-state index contributed by atoms with van der Waals surface area (Å²) in [4.78, 5) is 24.2. The zero-order valence-electron chi connectivity index (χ0n) is 14.0. The summed E-state index contributed by atoms with van der Waals surface area (Å²) in [5.41, 5.74) is 0.631. The molecule has 0 aliphatic heterocycles. The predicted molar refractivity (Wildman–Crippen MR) is 96.9 cm³/mol. The van der Waals surface area contributed by atoms with E-state index in [1.807, 2.05) is 42.5 Å². The number of allylic oxidation sites excluding steroid dienone is 2. The van der Waals surface area contributed by atoms with Crippen LogP contribution in [0.3, 0.4) is 0 Å². The number of anilines is 1. The number of fused-ring (bicyclic) bond motifs is 2. The molecular weight excluding hydrogens is 330 g/mol. The summed E-state index contributed by atoms with van der Waals surface area (Å²) in [5.74, 6) is -0.882. The van der Waals surface area contributed by atoms with E-state index in [9.17, 15) is 14.7 Å². The molecule has 1 saturated carbocycles. The van der Waals surface area contributed by atoms with Gasteiger partial charge in [0, 0.05) is 5.69 Å². The molecule has 4 atom stereocenters. The number of carboxylic acid groups (broad SMARTS) is 1. The Labute approximate surface area is 151 Å². The van der Waals surface area contributed by atoms with Gasteiger partial charge >= 0.3 is 5.97 Å². The molecule has 5 nitrogen and oxygen atoms in total. The molecule has 0 unspecified atom stereocenters. The van der Waals surface area contributed by atoms with Crippen LogP contribution in [0.25, 0.3) is 0 Å². The Morgan fingerprint density at radius 1 is 0.885 bits per heavy atom. The molecule has 0 radical (unpaired) electrons. The van der Waals surface area contributed by atoms with E-state index in [0.29, 0.717) is 11.4 Å². The maximum Gasteiger partial charge on any atom is 0.307 e. The SMILES string of the molecule is O=C(O)[C@@H]1[C@H](C(=O)Nc2ccc(Oc3ccccc3)cc2)[C@@H]2C=C[C@H]1C2. The van der Waals surface area contributed by atoms with Crippen LogP contribution in [0.1, 0.15) is 6.42 Å². The van der Waals surface area contributed by atoms with Gasteiger partial charge in [-0.3, -0.25) is 9.59 Å². The van der Waals surface area contributed by atoms with E-state index < -0.39 is 17.8 Å². The molecule has 0 heterocycles. The van der Waals surface area contributed by atoms with Crippen LogP contribution in [-0.2, 0) is 9.59 Å². The number of rotatable bonds is 5. The minimum atomic E-state index is -0.895. The Morgan fingerprint density at radius 2 is 1.50 bits per heavy atom. The van der Waals surface area contributed by atoms with Crippen molar-refractivity contribution in [2.75, 3.05) is 5.32 Å². The van der Waals surface area contributed by atoms with Crippen LogP contribution in [0.2, 0.25) is 0 Å². The second kappa shape index (κ2) is 6.67. The minimum Gasteiger partial charge on any atom is -0.481 e. The van der Waals surface area contributed by atoms with Crippen LogP contribution in [0.4, 0.5) is 5.69 Å². The zero-order valence-corrected chi connectivity index (χ0v) is 14.0. The summed E-state index contributed by atoms with van der Waals surface area (Å²) in [6.07, 6.45) is 4.66. The van der Waals surface area contributed by atoms with Crippen LogP contribution in [0.15, 0.2) is 66.7 Å². The summed E-state index contributed by atoms with van der Waals surface area (Å²) in [6, 6.07) is 16.5. The van der Waals surface area contributed by atoms with Crippen molar-refractivity contribution in [3.8, 4) is 11.5 Å². The van der Waals surface area contributed by atoms with Crippen molar-refractivity contribution in [1.29, 1.82) is 0 Å². The summed E-state index contributed by atoms with van der Waals surface area (Å²) in [7, 11) is 0. The number of ether oxygens (including phenoxy) is 1. The normalized spacial score (nSPS) is 25.8. The molecule has 0 spiro atoms. The fourth-order valence-corrected chi connectivity index (χ4v) is 3.97.